The fraction of sp³-hybridized carbons (Fsp3) is 0.346. The third-order valence-corrected chi connectivity index (χ3v) is 5.84. The Morgan fingerprint density at radius 1 is 1.13 bits per heavy atom. The minimum atomic E-state index is -0.845. The molecule has 2 atom stereocenters. The second kappa shape index (κ2) is 9.27. The molecule has 0 bridgehead atoms. The van der Waals surface area contributed by atoms with E-state index in [0.29, 0.717) is 5.92 Å². The Balaban J connectivity index is 1.86. The van der Waals surface area contributed by atoms with Crippen LogP contribution in [0.15, 0.2) is 48.5 Å². The summed E-state index contributed by atoms with van der Waals surface area (Å²) in [4.78, 5) is 5.02. The van der Waals surface area contributed by atoms with Crippen molar-refractivity contribution < 1.29 is 19.7 Å². The molecule has 1 aromatic heterocycles. The Morgan fingerprint density at radius 3 is 2.55 bits per heavy atom. The number of nitrogens with zero attached hydrogens (tertiary/aromatic N) is 1. The van der Waals surface area contributed by atoms with E-state index in [1.807, 2.05) is 31.2 Å². The maximum atomic E-state index is 13.6. The van der Waals surface area contributed by atoms with Crippen molar-refractivity contribution in [3.8, 4) is 11.1 Å². The van der Waals surface area contributed by atoms with Gasteiger partial charge in [-0.2, -0.15) is 0 Å². The normalized spacial score (nSPS) is 16.2. The number of halogens is 1. The minimum absolute atomic E-state index is 0.119. The molecule has 0 aliphatic heterocycles. The van der Waals surface area contributed by atoms with Crippen LogP contribution in [0.4, 0.5) is 4.39 Å². The molecule has 5 heteroatoms. The molecule has 2 aromatic carbocycles. The maximum Gasteiger partial charge on any atom is 0.123 e. The van der Waals surface area contributed by atoms with Crippen molar-refractivity contribution in [3.05, 3.63) is 71.2 Å². The lowest BCUT2D eigenvalue weighted by atomic mass is 9.91. The molecule has 1 saturated carbocycles. The Labute approximate surface area is 181 Å². The van der Waals surface area contributed by atoms with Crippen molar-refractivity contribution in [2.75, 3.05) is 6.61 Å². The lowest BCUT2D eigenvalue weighted by Gasteiger charge is -2.17. The van der Waals surface area contributed by atoms with Crippen molar-refractivity contribution >= 4 is 17.0 Å². The highest BCUT2D eigenvalue weighted by Crippen LogP contribution is 2.45. The molecular weight excluding hydrogens is 393 g/mol. The fourth-order valence-electron chi connectivity index (χ4n) is 4.06. The van der Waals surface area contributed by atoms with Gasteiger partial charge in [-0.1, -0.05) is 42.5 Å². The van der Waals surface area contributed by atoms with Crippen LogP contribution >= 0.6 is 0 Å². The van der Waals surface area contributed by atoms with Gasteiger partial charge in [0.25, 0.3) is 0 Å². The largest absolute Gasteiger partial charge is 0.396 e. The molecular formula is C26H28FNO3. The molecule has 162 valence electrons. The molecule has 0 saturated heterocycles. The lowest BCUT2D eigenvalue weighted by Crippen LogP contribution is -2.17. The first kappa shape index (κ1) is 21.6. The van der Waals surface area contributed by atoms with Gasteiger partial charge in [0.2, 0.25) is 0 Å². The number of fused-ring (bicyclic) bond motifs is 1. The SMILES string of the molecule is Cc1cccc2c(-c3ccc(F)cc3)c(C=CC(O)CC(O)CCO)c(C3CC3)nc12. The van der Waals surface area contributed by atoms with Crippen LogP contribution in [0, 0.1) is 12.7 Å². The first-order valence-corrected chi connectivity index (χ1v) is 10.8. The van der Waals surface area contributed by atoms with Crippen LogP contribution in [0.25, 0.3) is 28.1 Å². The minimum Gasteiger partial charge on any atom is -0.396 e. The average molecular weight is 422 g/mol. The summed E-state index contributed by atoms with van der Waals surface area (Å²) in [5.41, 5.74) is 5.85. The van der Waals surface area contributed by atoms with Gasteiger partial charge in [-0.25, -0.2) is 4.39 Å². The molecule has 1 heterocycles. The second-order valence-corrected chi connectivity index (χ2v) is 8.37. The summed E-state index contributed by atoms with van der Waals surface area (Å²) in [5.74, 6) is 0.0890. The Kier molecular flexibility index (Phi) is 6.46. The van der Waals surface area contributed by atoms with Gasteiger partial charge in [-0.05, 0) is 49.4 Å². The molecule has 0 radical (unpaired) electrons. The fourth-order valence-corrected chi connectivity index (χ4v) is 4.06. The maximum absolute atomic E-state index is 13.6. The molecule has 2 unspecified atom stereocenters. The van der Waals surface area contributed by atoms with Gasteiger partial charge in [-0.15, -0.1) is 0 Å². The Morgan fingerprint density at radius 2 is 1.87 bits per heavy atom. The molecule has 1 fully saturated rings. The Bertz CT molecular complexity index is 1090. The van der Waals surface area contributed by atoms with Crippen molar-refractivity contribution in [2.45, 2.75) is 50.7 Å². The van der Waals surface area contributed by atoms with Gasteiger partial charge in [0, 0.05) is 35.5 Å². The van der Waals surface area contributed by atoms with E-state index in [9.17, 15) is 14.6 Å². The summed E-state index contributed by atoms with van der Waals surface area (Å²) in [5, 5.41) is 30.3. The van der Waals surface area contributed by atoms with Crippen LogP contribution in [0.2, 0.25) is 0 Å². The first-order chi connectivity index (χ1) is 15.0. The van der Waals surface area contributed by atoms with Gasteiger partial charge in [0.15, 0.2) is 0 Å². The van der Waals surface area contributed by atoms with Crippen LogP contribution in [-0.2, 0) is 0 Å². The highest BCUT2D eigenvalue weighted by Gasteiger charge is 2.30. The number of aliphatic hydroxyl groups excluding tert-OH is 3. The number of aryl methyl sites for hydroxylation is 1. The number of benzene rings is 2. The highest BCUT2D eigenvalue weighted by atomic mass is 19.1. The van der Waals surface area contributed by atoms with E-state index in [4.69, 9.17) is 10.1 Å². The van der Waals surface area contributed by atoms with Gasteiger partial charge in [0.05, 0.1) is 23.4 Å². The lowest BCUT2D eigenvalue weighted by molar-refractivity contribution is 0.0827. The zero-order valence-corrected chi connectivity index (χ0v) is 17.6. The first-order valence-electron chi connectivity index (χ1n) is 10.8. The molecule has 0 spiro atoms. The summed E-state index contributed by atoms with van der Waals surface area (Å²) < 4.78 is 13.6. The number of pyridine rings is 1. The molecule has 4 rings (SSSR count). The summed E-state index contributed by atoms with van der Waals surface area (Å²) in [7, 11) is 0. The standard InChI is InChI=1S/C26H28FNO3/c1-16-3-2-4-22-24(17-7-9-19(27)10-8-17)23(26(18-5-6-18)28-25(16)22)12-11-20(30)15-21(31)13-14-29/h2-4,7-12,18,20-21,29-31H,5-6,13-15H2,1H3. The number of aromatic nitrogens is 1. The zero-order valence-electron chi connectivity index (χ0n) is 17.6. The number of para-hydroxylation sites is 1. The molecule has 1 aliphatic carbocycles. The van der Waals surface area contributed by atoms with Crippen LogP contribution in [0.5, 0.6) is 0 Å². The van der Waals surface area contributed by atoms with Crippen molar-refractivity contribution in [3.63, 3.8) is 0 Å². The van der Waals surface area contributed by atoms with E-state index in [0.717, 1.165) is 51.7 Å². The number of aliphatic hydroxyl groups is 3. The van der Waals surface area contributed by atoms with E-state index in [1.165, 1.54) is 12.1 Å². The third kappa shape index (κ3) is 4.85. The topological polar surface area (TPSA) is 73.6 Å². The number of hydrogen-bond acceptors (Lipinski definition) is 4. The summed E-state index contributed by atoms with van der Waals surface area (Å²) in [6, 6.07) is 12.6. The van der Waals surface area contributed by atoms with Crippen molar-refractivity contribution in [1.29, 1.82) is 0 Å². The Hall–Kier alpha value is -2.60. The molecule has 31 heavy (non-hydrogen) atoms. The molecule has 3 N–H and O–H groups in total. The zero-order chi connectivity index (χ0) is 22.0. The summed E-state index contributed by atoms with van der Waals surface area (Å²) in [6.07, 6.45) is 4.50. The monoisotopic (exact) mass is 421 g/mol. The second-order valence-electron chi connectivity index (χ2n) is 8.37. The van der Waals surface area contributed by atoms with Gasteiger partial charge < -0.3 is 15.3 Å². The number of hydrogen-bond donors (Lipinski definition) is 3. The van der Waals surface area contributed by atoms with E-state index in [2.05, 4.69) is 0 Å². The molecule has 0 amide bonds. The molecule has 3 aromatic rings. The van der Waals surface area contributed by atoms with Crippen molar-refractivity contribution in [1.82, 2.24) is 4.98 Å². The predicted molar refractivity (Wildman–Crippen MR) is 121 cm³/mol. The average Bonchev–Trinajstić information content (AvgIpc) is 3.58. The van der Waals surface area contributed by atoms with Gasteiger partial charge in [0.1, 0.15) is 5.82 Å². The molecule has 1 aliphatic rings. The van der Waals surface area contributed by atoms with Crippen LogP contribution in [0.3, 0.4) is 0 Å². The van der Waals surface area contributed by atoms with E-state index in [1.54, 1.807) is 18.2 Å². The smallest absolute Gasteiger partial charge is 0.123 e. The predicted octanol–water partition coefficient (Wildman–Crippen LogP) is 4.73. The van der Waals surface area contributed by atoms with Crippen LogP contribution in [-0.4, -0.2) is 39.1 Å². The highest BCUT2D eigenvalue weighted by molar-refractivity contribution is 6.00. The van der Waals surface area contributed by atoms with Gasteiger partial charge >= 0.3 is 0 Å². The van der Waals surface area contributed by atoms with E-state index in [-0.39, 0.29) is 25.3 Å². The van der Waals surface area contributed by atoms with Crippen molar-refractivity contribution in [2.24, 2.45) is 0 Å². The summed E-state index contributed by atoms with van der Waals surface area (Å²) in [6.45, 7) is 1.92. The summed E-state index contributed by atoms with van der Waals surface area (Å²) >= 11 is 0. The molecule has 4 nitrogen and oxygen atoms in total. The van der Waals surface area contributed by atoms with E-state index >= 15 is 0 Å². The van der Waals surface area contributed by atoms with Crippen LogP contribution in [0.1, 0.15) is 48.4 Å². The van der Waals surface area contributed by atoms with E-state index < -0.39 is 12.2 Å². The quantitative estimate of drug-likeness (QED) is 0.491. The third-order valence-electron chi connectivity index (χ3n) is 5.84. The van der Waals surface area contributed by atoms with Gasteiger partial charge in [-0.3, -0.25) is 4.98 Å². The van der Waals surface area contributed by atoms with Crippen LogP contribution < -0.4 is 0 Å². The number of rotatable bonds is 8.